The normalized spacial score (nSPS) is 19.3. The molecule has 19 heavy (non-hydrogen) atoms. The van der Waals surface area contributed by atoms with Crippen molar-refractivity contribution < 1.29 is 8.42 Å². The molecule has 1 saturated carbocycles. The van der Waals surface area contributed by atoms with Crippen LogP contribution in [-0.2, 0) is 17.1 Å². The molecule has 1 aliphatic rings. The molecule has 0 saturated heterocycles. The summed E-state index contributed by atoms with van der Waals surface area (Å²) in [6, 6.07) is 0.120. The summed E-state index contributed by atoms with van der Waals surface area (Å²) in [6.07, 6.45) is 3.85. The Hall–Kier alpha value is -0.990. The summed E-state index contributed by atoms with van der Waals surface area (Å²) in [4.78, 5) is 0. The topological polar surface area (TPSA) is 88.9 Å². The van der Waals surface area contributed by atoms with Gasteiger partial charge in [-0.15, -0.1) is 10.2 Å². The Morgan fingerprint density at radius 3 is 2.68 bits per heavy atom. The van der Waals surface area contributed by atoms with Gasteiger partial charge in [0.1, 0.15) is 12.2 Å². The van der Waals surface area contributed by atoms with Gasteiger partial charge in [0.25, 0.3) is 0 Å². The highest BCUT2D eigenvalue weighted by Crippen LogP contribution is 2.19. The summed E-state index contributed by atoms with van der Waals surface area (Å²) in [7, 11) is -1.57. The maximum atomic E-state index is 12.2. The maximum Gasteiger partial charge on any atom is 0.216 e. The van der Waals surface area contributed by atoms with E-state index in [2.05, 4.69) is 20.2 Å². The van der Waals surface area contributed by atoms with Gasteiger partial charge >= 0.3 is 0 Å². The molecule has 1 heterocycles. The molecule has 0 spiro atoms. The van der Waals surface area contributed by atoms with Crippen molar-refractivity contribution in [2.24, 2.45) is 7.05 Å². The van der Waals surface area contributed by atoms with Gasteiger partial charge in [-0.05, 0) is 26.7 Å². The number of sulfonamides is 1. The lowest BCUT2D eigenvalue weighted by Gasteiger charge is -2.18. The molecule has 2 rings (SSSR count). The van der Waals surface area contributed by atoms with E-state index in [0.29, 0.717) is 18.4 Å². The van der Waals surface area contributed by atoms with E-state index in [9.17, 15) is 8.42 Å². The molecule has 108 valence electrons. The SMILES string of the molecule is CC(NS(=O)(=O)C(C)CNC1CC1)c1nncn1C. The summed E-state index contributed by atoms with van der Waals surface area (Å²) < 4.78 is 28.7. The van der Waals surface area contributed by atoms with Crippen molar-refractivity contribution in [2.75, 3.05) is 6.54 Å². The van der Waals surface area contributed by atoms with E-state index >= 15 is 0 Å². The third-order valence-electron chi connectivity index (χ3n) is 3.28. The lowest BCUT2D eigenvalue weighted by molar-refractivity contribution is 0.534. The van der Waals surface area contributed by atoms with Crippen LogP contribution in [0.5, 0.6) is 0 Å². The average Bonchev–Trinajstić information content (AvgIpc) is 3.06. The molecule has 2 atom stereocenters. The van der Waals surface area contributed by atoms with Crippen LogP contribution in [0.3, 0.4) is 0 Å². The van der Waals surface area contributed by atoms with Crippen LogP contribution in [0, 0.1) is 0 Å². The van der Waals surface area contributed by atoms with Gasteiger partial charge in [0, 0.05) is 19.6 Å². The first-order chi connectivity index (χ1) is 8.90. The zero-order valence-corrected chi connectivity index (χ0v) is 12.3. The van der Waals surface area contributed by atoms with E-state index in [1.54, 1.807) is 31.8 Å². The summed E-state index contributed by atoms with van der Waals surface area (Å²) in [5, 5.41) is 10.4. The largest absolute Gasteiger partial charge is 0.319 e. The zero-order valence-electron chi connectivity index (χ0n) is 11.5. The van der Waals surface area contributed by atoms with Gasteiger partial charge in [-0.25, -0.2) is 13.1 Å². The zero-order chi connectivity index (χ0) is 14.0. The fourth-order valence-corrected chi connectivity index (χ4v) is 2.98. The van der Waals surface area contributed by atoms with E-state index in [1.807, 2.05) is 0 Å². The Labute approximate surface area is 113 Å². The molecule has 0 aromatic carbocycles. The van der Waals surface area contributed by atoms with Crippen LogP contribution in [0.2, 0.25) is 0 Å². The molecule has 1 aromatic heterocycles. The second-order valence-electron chi connectivity index (χ2n) is 5.18. The van der Waals surface area contributed by atoms with E-state index in [4.69, 9.17) is 0 Å². The number of hydrogen-bond donors (Lipinski definition) is 2. The molecule has 2 unspecified atom stereocenters. The number of nitrogens with one attached hydrogen (secondary N) is 2. The van der Waals surface area contributed by atoms with Crippen LogP contribution in [0.4, 0.5) is 0 Å². The predicted octanol–water partition coefficient (Wildman–Crippen LogP) is -0.0640. The number of aryl methyl sites for hydroxylation is 1. The molecule has 1 aromatic rings. The molecule has 0 amide bonds. The van der Waals surface area contributed by atoms with Gasteiger partial charge in [0.05, 0.1) is 11.3 Å². The molecule has 2 N–H and O–H groups in total. The molecule has 0 bridgehead atoms. The summed E-state index contributed by atoms with van der Waals surface area (Å²) in [5.74, 6) is 0.603. The van der Waals surface area contributed by atoms with Crippen LogP contribution in [0.25, 0.3) is 0 Å². The van der Waals surface area contributed by atoms with E-state index in [1.165, 1.54) is 0 Å². The minimum atomic E-state index is -3.36. The van der Waals surface area contributed by atoms with Crippen molar-refractivity contribution in [1.29, 1.82) is 0 Å². The van der Waals surface area contributed by atoms with E-state index in [-0.39, 0.29) is 6.04 Å². The summed E-state index contributed by atoms with van der Waals surface area (Å²) in [5.41, 5.74) is 0. The minimum Gasteiger partial charge on any atom is -0.319 e. The Morgan fingerprint density at radius 1 is 1.47 bits per heavy atom. The third-order valence-corrected chi connectivity index (χ3v) is 5.18. The van der Waals surface area contributed by atoms with Gasteiger partial charge in [-0.3, -0.25) is 0 Å². The van der Waals surface area contributed by atoms with Gasteiger partial charge < -0.3 is 9.88 Å². The Morgan fingerprint density at radius 2 is 2.16 bits per heavy atom. The molecular formula is C11H21N5O2S. The molecular weight excluding hydrogens is 266 g/mol. The third kappa shape index (κ3) is 3.74. The van der Waals surface area contributed by atoms with Crippen molar-refractivity contribution in [3.8, 4) is 0 Å². The monoisotopic (exact) mass is 287 g/mol. The first-order valence-corrected chi connectivity index (χ1v) is 8.03. The van der Waals surface area contributed by atoms with Crippen molar-refractivity contribution >= 4 is 10.0 Å². The standard InChI is InChI=1S/C11H21N5O2S/c1-8(6-12-10-4-5-10)19(17,18)15-9(2)11-14-13-7-16(11)3/h7-10,12,15H,4-6H2,1-3H3. The second kappa shape index (κ2) is 5.56. The molecule has 1 aliphatic carbocycles. The van der Waals surface area contributed by atoms with Gasteiger partial charge in [-0.1, -0.05) is 0 Å². The predicted molar refractivity (Wildman–Crippen MR) is 72.0 cm³/mol. The quantitative estimate of drug-likeness (QED) is 0.733. The van der Waals surface area contributed by atoms with Gasteiger partial charge in [-0.2, -0.15) is 0 Å². The molecule has 7 nitrogen and oxygen atoms in total. The van der Waals surface area contributed by atoms with Crippen molar-refractivity contribution in [3.05, 3.63) is 12.2 Å². The first-order valence-electron chi connectivity index (χ1n) is 6.48. The van der Waals surface area contributed by atoms with Crippen LogP contribution in [-0.4, -0.2) is 41.0 Å². The van der Waals surface area contributed by atoms with Crippen molar-refractivity contribution in [2.45, 2.75) is 44.0 Å². The lowest BCUT2D eigenvalue weighted by atomic mass is 10.3. The highest BCUT2D eigenvalue weighted by Gasteiger charge is 2.27. The van der Waals surface area contributed by atoms with Crippen molar-refractivity contribution in [3.63, 3.8) is 0 Å². The van der Waals surface area contributed by atoms with Crippen LogP contribution in [0.1, 0.15) is 38.6 Å². The number of aromatic nitrogens is 3. The highest BCUT2D eigenvalue weighted by atomic mass is 32.2. The molecule has 0 radical (unpaired) electrons. The highest BCUT2D eigenvalue weighted by molar-refractivity contribution is 7.90. The Balaban J connectivity index is 1.93. The van der Waals surface area contributed by atoms with E-state index in [0.717, 1.165) is 12.8 Å². The van der Waals surface area contributed by atoms with Gasteiger partial charge in [0.15, 0.2) is 0 Å². The van der Waals surface area contributed by atoms with Crippen molar-refractivity contribution in [1.82, 2.24) is 24.8 Å². The van der Waals surface area contributed by atoms with Gasteiger partial charge in [0.2, 0.25) is 10.0 Å². The number of hydrogen-bond acceptors (Lipinski definition) is 5. The number of nitrogens with zero attached hydrogens (tertiary/aromatic N) is 3. The number of rotatable bonds is 7. The smallest absolute Gasteiger partial charge is 0.216 e. The second-order valence-corrected chi connectivity index (χ2v) is 7.31. The maximum absolute atomic E-state index is 12.2. The van der Waals surface area contributed by atoms with Crippen LogP contribution in [0.15, 0.2) is 6.33 Å². The minimum absolute atomic E-state index is 0.388. The summed E-state index contributed by atoms with van der Waals surface area (Å²) >= 11 is 0. The molecule has 1 fully saturated rings. The lowest BCUT2D eigenvalue weighted by Crippen LogP contribution is -2.41. The summed E-state index contributed by atoms with van der Waals surface area (Å²) in [6.45, 7) is 3.95. The van der Waals surface area contributed by atoms with E-state index < -0.39 is 15.3 Å². The fraction of sp³-hybridized carbons (Fsp3) is 0.818. The van der Waals surface area contributed by atoms with Crippen LogP contribution >= 0.6 is 0 Å². The first kappa shape index (κ1) is 14.4. The average molecular weight is 287 g/mol. The molecule has 0 aliphatic heterocycles. The Bertz CT molecular complexity index is 523. The Kier molecular flexibility index (Phi) is 4.22. The van der Waals surface area contributed by atoms with Crippen LogP contribution < -0.4 is 10.0 Å². The molecule has 8 heteroatoms. The fourth-order valence-electron chi connectivity index (χ4n) is 1.83.